The summed E-state index contributed by atoms with van der Waals surface area (Å²) in [6.07, 6.45) is 2.83. The summed E-state index contributed by atoms with van der Waals surface area (Å²) >= 11 is 5.98. The first kappa shape index (κ1) is 10.6. The molecule has 1 aliphatic carbocycles. The van der Waals surface area contributed by atoms with E-state index in [1.54, 1.807) is 6.07 Å². The van der Waals surface area contributed by atoms with Crippen LogP contribution in [0.15, 0.2) is 18.2 Å². The van der Waals surface area contributed by atoms with Crippen LogP contribution in [-0.2, 0) is 0 Å². The van der Waals surface area contributed by atoms with Gasteiger partial charge in [0.2, 0.25) is 0 Å². The van der Waals surface area contributed by atoms with Crippen LogP contribution in [0.3, 0.4) is 0 Å². The highest BCUT2D eigenvalue weighted by atomic mass is 35.5. The van der Waals surface area contributed by atoms with Gasteiger partial charge < -0.3 is 9.47 Å². The molecule has 0 unspecified atom stereocenters. The summed E-state index contributed by atoms with van der Waals surface area (Å²) < 4.78 is 11.2. The molecular formula is C12H15ClO2. The summed E-state index contributed by atoms with van der Waals surface area (Å²) in [5, 5.41) is 0.656. The van der Waals surface area contributed by atoms with Crippen molar-refractivity contribution < 1.29 is 9.47 Å². The van der Waals surface area contributed by atoms with E-state index >= 15 is 0 Å². The Labute approximate surface area is 95.1 Å². The summed E-state index contributed by atoms with van der Waals surface area (Å²) in [4.78, 5) is 0. The third-order valence-electron chi connectivity index (χ3n) is 2.04. The summed E-state index contributed by atoms with van der Waals surface area (Å²) in [5.74, 6) is 1.58. The molecule has 2 rings (SSSR count). The van der Waals surface area contributed by atoms with E-state index in [4.69, 9.17) is 21.1 Å². The van der Waals surface area contributed by atoms with Gasteiger partial charge in [0.05, 0.1) is 12.2 Å². The molecule has 3 heteroatoms. The smallest absolute Gasteiger partial charge is 0.124 e. The van der Waals surface area contributed by atoms with Crippen molar-refractivity contribution in [3.63, 3.8) is 0 Å². The van der Waals surface area contributed by atoms with Crippen molar-refractivity contribution in [2.75, 3.05) is 0 Å². The lowest BCUT2D eigenvalue weighted by atomic mass is 10.3. The summed E-state index contributed by atoms with van der Waals surface area (Å²) in [7, 11) is 0. The lowest BCUT2D eigenvalue weighted by Gasteiger charge is -2.12. The van der Waals surface area contributed by atoms with Crippen LogP contribution in [0.1, 0.15) is 26.7 Å². The molecule has 0 N–H and O–H groups in total. The first-order chi connectivity index (χ1) is 7.13. The van der Waals surface area contributed by atoms with E-state index < -0.39 is 0 Å². The van der Waals surface area contributed by atoms with Crippen molar-refractivity contribution in [2.45, 2.75) is 38.9 Å². The van der Waals surface area contributed by atoms with Gasteiger partial charge in [-0.15, -0.1) is 0 Å². The maximum absolute atomic E-state index is 5.98. The lowest BCUT2D eigenvalue weighted by Crippen LogP contribution is -2.05. The summed E-state index contributed by atoms with van der Waals surface area (Å²) in [6.45, 7) is 3.98. The zero-order valence-electron chi connectivity index (χ0n) is 9.00. The molecule has 0 radical (unpaired) electrons. The predicted molar refractivity (Wildman–Crippen MR) is 60.9 cm³/mol. The first-order valence-corrected chi connectivity index (χ1v) is 5.65. The van der Waals surface area contributed by atoms with Crippen LogP contribution >= 0.6 is 11.6 Å². The minimum atomic E-state index is 0.150. The van der Waals surface area contributed by atoms with Crippen molar-refractivity contribution in [3.05, 3.63) is 23.2 Å². The molecule has 0 heterocycles. The number of benzene rings is 1. The Morgan fingerprint density at radius 1 is 1.20 bits per heavy atom. The van der Waals surface area contributed by atoms with Crippen LogP contribution < -0.4 is 9.47 Å². The van der Waals surface area contributed by atoms with Gasteiger partial charge >= 0.3 is 0 Å². The molecule has 1 aromatic rings. The number of halogens is 1. The van der Waals surface area contributed by atoms with Crippen LogP contribution in [0.5, 0.6) is 11.5 Å². The van der Waals surface area contributed by atoms with Crippen molar-refractivity contribution in [1.29, 1.82) is 0 Å². The Bertz CT molecular complexity index is 323. The molecule has 1 fully saturated rings. The Morgan fingerprint density at radius 3 is 2.47 bits per heavy atom. The second kappa shape index (κ2) is 4.31. The number of hydrogen-bond donors (Lipinski definition) is 0. The molecular weight excluding hydrogens is 212 g/mol. The van der Waals surface area contributed by atoms with Crippen molar-refractivity contribution >= 4 is 11.6 Å². The highest BCUT2D eigenvalue weighted by molar-refractivity contribution is 6.30. The molecule has 1 aliphatic rings. The monoisotopic (exact) mass is 226 g/mol. The van der Waals surface area contributed by atoms with Crippen LogP contribution in [0.25, 0.3) is 0 Å². The summed E-state index contributed by atoms with van der Waals surface area (Å²) in [5.41, 5.74) is 0. The van der Waals surface area contributed by atoms with Crippen LogP contribution in [-0.4, -0.2) is 12.2 Å². The fourth-order valence-corrected chi connectivity index (χ4v) is 1.54. The van der Waals surface area contributed by atoms with E-state index in [0.29, 0.717) is 11.1 Å². The minimum absolute atomic E-state index is 0.150. The molecule has 0 bridgehead atoms. The summed E-state index contributed by atoms with van der Waals surface area (Å²) in [6, 6.07) is 5.53. The van der Waals surface area contributed by atoms with Gasteiger partial charge in [0, 0.05) is 11.1 Å². The third-order valence-corrected chi connectivity index (χ3v) is 2.26. The molecule has 0 saturated heterocycles. The van der Waals surface area contributed by atoms with E-state index in [9.17, 15) is 0 Å². The first-order valence-electron chi connectivity index (χ1n) is 5.27. The molecule has 15 heavy (non-hydrogen) atoms. The number of rotatable bonds is 4. The van der Waals surface area contributed by atoms with Crippen LogP contribution in [0, 0.1) is 0 Å². The maximum atomic E-state index is 5.98. The number of hydrogen-bond acceptors (Lipinski definition) is 2. The van der Waals surface area contributed by atoms with E-state index in [1.807, 2.05) is 26.0 Å². The Balaban J connectivity index is 2.11. The predicted octanol–water partition coefficient (Wildman–Crippen LogP) is 3.67. The average molecular weight is 227 g/mol. The Kier molecular flexibility index (Phi) is 3.06. The van der Waals surface area contributed by atoms with Gasteiger partial charge in [-0.3, -0.25) is 0 Å². The highest BCUT2D eigenvalue weighted by Crippen LogP contribution is 2.31. The van der Waals surface area contributed by atoms with E-state index in [0.717, 1.165) is 24.3 Å². The molecule has 1 saturated carbocycles. The molecule has 82 valence electrons. The minimum Gasteiger partial charge on any atom is -0.491 e. The van der Waals surface area contributed by atoms with Crippen LogP contribution in [0.2, 0.25) is 5.02 Å². The molecule has 0 aliphatic heterocycles. The maximum Gasteiger partial charge on any atom is 0.124 e. The van der Waals surface area contributed by atoms with Gasteiger partial charge in [-0.25, -0.2) is 0 Å². The van der Waals surface area contributed by atoms with Gasteiger partial charge in [0.25, 0.3) is 0 Å². The largest absolute Gasteiger partial charge is 0.491 e. The Morgan fingerprint density at radius 2 is 1.87 bits per heavy atom. The quantitative estimate of drug-likeness (QED) is 0.780. The fourth-order valence-electron chi connectivity index (χ4n) is 1.32. The van der Waals surface area contributed by atoms with Crippen molar-refractivity contribution in [1.82, 2.24) is 0 Å². The fraction of sp³-hybridized carbons (Fsp3) is 0.500. The number of ether oxygens (including phenoxy) is 2. The molecule has 2 nitrogen and oxygen atoms in total. The van der Waals surface area contributed by atoms with Gasteiger partial charge in [-0.1, -0.05) is 11.6 Å². The zero-order valence-corrected chi connectivity index (χ0v) is 9.75. The molecule has 0 amide bonds. The van der Waals surface area contributed by atoms with E-state index in [1.165, 1.54) is 0 Å². The molecule has 0 spiro atoms. The lowest BCUT2D eigenvalue weighted by molar-refractivity contribution is 0.239. The normalized spacial score (nSPS) is 15.5. The van der Waals surface area contributed by atoms with Crippen molar-refractivity contribution in [2.24, 2.45) is 0 Å². The van der Waals surface area contributed by atoms with E-state index in [-0.39, 0.29) is 6.10 Å². The second-order valence-corrected chi connectivity index (χ2v) is 4.54. The van der Waals surface area contributed by atoms with E-state index in [2.05, 4.69) is 0 Å². The van der Waals surface area contributed by atoms with Crippen LogP contribution in [0.4, 0.5) is 0 Å². The molecule has 0 aromatic heterocycles. The second-order valence-electron chi connectivity index (χ2n) is 4.11. The van der Waals surface area contributed by atoms with Crippen molar-refractivity contribution in [3.8, 4) is 11.5 Å². The molecule has 1 aromatic carbocycles. The third kappa shape index (κ3) is 3.31. The van der Waals surface area contributed by atoms with Gasteiger partial charge in [-0.2, -0.15) is 0 Å². The molecule has 0 atom stereocenters. The average Bonchev–Trinajstić information content (AvgIpc) is 2.85. The SMILES string of the molecule is CC(C)Oc1cc(Cl)cc(OC2CC2)c1. The topological polar surface area (TPSA) is 18.5 Å². The Hall–Kier alpha value is -0.890. The van der Waals surface area contributed by atoms with Gasteiger partial charge in [-0.05, 0) is 38.8 Å². The van der Waals surface area contributed by atoms with Gasteiger partial charge in [0.1, 0.15) is 11.5 Å². The standard InChI is InChI=1S/C12H15ClO2/c1-8(2)14-11-5-9(13)6-12(7-11)15-10-3-4-10/h5-8,10H,3-4H2,1-2H3. The zero-order chi connectivity index (χ0) is 10.8. The van der Waals surface area contributed by atoms with Gasteiger partial charge in [0.15, 0.2) is 0 Å². The highest BCUT2D eigenvalue weighted by Gasteiger charge is 2.23.